The fourth-order valence-electron chi connectivity index (χ4n) is 2.81. The van der Waals surface area contributed by atoms with Crippen LogP contribution in [0.15, 0.2) is 0 Å². The molecule has 0 saturated carbocycles. The zero-order valence-corrected chi connectivity index (χ0v) is 10.6. The average molecular weight is 256 g/mol. The molecule has 18 heavy (non-hydrogen) atoms. The molecule has 102 valence electrons. The van der Waals surface area contributed by atoms with Gasteiger partial charge >= 0.3 is 5.97 Å². The number of carboxylic acid groups (broad SMARTS) is 1. The molecule has 2 rings (SSSR count). The van der Waals surface area contributed by atoms with Gasteiger partial charge in [0.15, 0.2) is 0 Å². The lowest BCUT2D eigenvalue weighted by molar-refractivity contribution is -0.140. The topological polar surface area (TPSA) is 78.9 Å². The van der Waals surface area contributed by atoms with Gasteiger partial charge in [0.2, 0.25) is 5.91 Å². The maximum Gasteiger partial charge on any atom is 0.305 e. The third kappa shape index (κ3) is 2.81. The fraction of sp³-hybridized carbons (Fsp3) is 0.833. The van der Waals surface area contributed by atoms with Crippen LogP contribution in [0.3, 0.4) is 0 Å². The van der Waals surface area contributed by atoms with Crippen molar-refractivity contribution >= 4 is 11.9 Å². The molecule has 2 saturated heterocycles. The van der Waals surface area contributed by atoms with E-state index in [-0.39, 0.29) is 30.5 Å². The van der Waals surface area contributed by atoms with Crippen molar-refractivity contribution in [1.29, 1.82) is 0 Å². The van der Waals surface area contributed by atoms with Gasteiger partial charge in [-0.25, -0.2) is 0 Å². The number of hydrogen-bond acceptors (Lipinski definition) is 4. The van der Waals surface area contributed by atoms with Gasteiger partial charge in [-0.05, 0) is 19.3 Å². The van der Waals surface area contributed by atoms with Crippen LogP contribution in [-0.2, 0) is 14.3 Å². The molecule has 0 aromatic carbocycles. The van der Waals surface area contributed by atoms with E-state index < -0.39 is 5.97 Å². The van der Waals surface area contributed by atoms with Crippen molar-refractivity contribution in [2.45, 2.75) is 43.9 Å². The van der Waals surface area contributed by atoms with E-state index in [4.69, 9.17) is 9.84 Å². The Labute approximate surface area is 106 Å². The molecular formula is C12H20N2O4. The lowest BCUT2D eigenvalue weighted by Gasteiger charge is -2.26. The highest BCUT2D eigenvalue weighted by Gasteiger charge is 2.37. The maximum atomic E-state index is 12.3. The molecule has 3 unspecified atom stereocenters. The summed E-state index contributed by atoms with van der Waals surface area (Å²) in [4.78, 5) is 24.8. The largest absolute Gasteiger partial charge is 0.481 e. The summed E-state index contributed by atoms with van der Waals surface area (Å²) >= 11 is 0. The van der Waals surface area contributed by atoms with Crippen LogP contribution < -0.4 is 5.32 Å². The van der Waals surface area contributed by atoms with Gasteiger partial charge in [0, 0.05) is 26.2 Å². The molecular weight excluding hydrogens is 236 g/mol. The highest BCUT2D eigenvalue weighted by molar-refractivity contribution is 5.83. The first-order valence-corrected chi connectivity index (χ1v) is 6.40. The normalized spacial score (nSPS) is 31.8. The Morgan fingerprint density at radius 2 is 2.28 bits per heavy atom. The number of ether oxygens (including phenoxy) is 1. The second kappa shape index (κ2) is 5.67. The summed E-state index contributed by atoms with van der Waals surface area (Å²) in [5.74, 6) is -0.813. The zero-order chi connectivity index (χ0) is 13.1. The van der Waals surface area contributed by atoms with Crippen molar-refractivity contribution in [2.75, 3.05) is 20.2 Å². The minimum atomic E-state index is -0.839. The lowest BCUT2D eigenvalue weighted by atomic mass is 10.1. The van der Waals surface area contributed by atoms with Crippen LogP contribution in [0.5, 0.6) is 0 Å². The number of nitrogens with zero attached hydrogens (tertiary/aromatic N) is 1. The smallest absolute Gasteiger partial charge is 0.305 e. The Kier molecular flexibility index (Phi) is 4.19. The molecule has 1 amide bonds. The maximum absolute atomic E-state index is 12.3. The minimum Gasteiger partial charge on any atom is -0.481 e. The van der Waals surface area contributed by atoms with Crippen LogP contribution in [0.2, 0.25) is 0 Å². The van der Waals surface area contributed by atoms with Crippen LogP contribution in [0.1, 0.15) is 25.7 Å². The van der Waals surface area contributed by atoms with Crippen molar-refractivity contribution in [2.24, 2.45) is 0 Å². The number of carbonyl (C=O) groups is 2. The third-order valence-electron chi connectivity index (χ3n) is 3.79. The molecule has 0 aromatic rings. The molecule has 0 radical (unpaired) electrons. The summed E-state index contributed by atoms with van der Waals surface area (Å²) in [5.41, 5.74) is 0. The van der Waals surface area contributed by atoms with Crippen molar-refractivity contribution in [3.05, 3.63) is 0 Å². The quantitative estimate of drug-likeness (QED) is 0.730. The Bertz CT molecular complexity index is 334. The number of rotatable bonds is 4. The van der Waals surface area contributed by atoms with Crippen molar-refractivity contribution < 1.29 is 19.4 Å². The van der Waals surface area contributed by atoms with Gasteiger partial charge in [-0.15, -0.1) is 0 Å². The Morgan fingerprint density at radius 3 is 2.89 bits per heavy atom. The predicted molar refractivity (Wildman–Crippen MR) is 64.2 cm³/mol. The number of hydrogen-bond donors (Lipinski definition) is 2. The van der Waals surface area contributed by atoms with E-state index >= 15 is 0 Å². The average Bonchev–Trinajstić information content (AvgIpc) is 2.95. The second-order valence-electron chi connectivity index (χ2n) is 4.98. The SMILES string of the molecule is COC1CNC(C(=O)N2CCCC2CC(=O)O)C1. The second-order valence-corrected chi connectivity index (χ2v) is 4.98. The number of nitrogens with one attached hydrogen (secondary N) is 1. The van der Waals surface area contributed by atoms with Gasteiger partial charge in [0.1, 0.15) is 0 Å². The van der Waals surface area contributed by atoms with E-state index in [0.717, 1.165) is 12.8 Å². The number of methoxy groups -OCH3 is 1. The van der Waals surface area contributed by atoms with Crippen LogP contribution in [0, 0.1) is 0 Å². The van der Waals surface area contributed by atoms with E-state index in [2.05, 4.69) is 5.32 Å². The van der Waals surface area contributed by atoms with E-state index in [1.54, 1.807) is 12.0 Å². The molecule has 2 fully saturated rings. The van der Waals surface area contributed by atoms with Gasteiger partial charge in [-0.2, -0.15) is 0 Å². The van der Waals surface area contributed by atoms with Crippen LogP contribution >= 0.6 is 0 Å². The summed E-state index contributed by atoms with van der Waals surface area (Å²) in [6.07, 6.45) is 2.49. The van der Waals surface area contributed by atoms with Gasteiger partial charge < -0.3 is 20.1 Å². The van der Waals surface area contributed by atoms with Crippen LogP contribution in [0.4, 0.5) is 0 Å². The molecule has 0 spiro atoms. The number of likely N-dealkylation sites (tertiary alicyclic amines) is 1. The van der Waals surface area contributed by atoms with E-state index in [1.807, 2.05) is 0 Å². The number of amides is 1. The monoisotopic (exact) mass is 256 g/mol. The standard InChI is InChI=1S/C12H20N2O4/c1-18-9-6-10(13-7-9)12(17)14-4-2-3-8(14)5-11(15)16/h8-10,13H,2-7H2,1H3,(H,15,16). The van der Waals surface area contributed by atoms with E-state index in [1.165, 1.54) is 0 Å². The lowest BCUT2D eigenvalue weighted by Crippen LogP contribution is -2.46. The first-order chi connectivity index (χ1) is 8.61. The first-order valence-electron chi connectivity index (χ1n) is 6.40. The third-order valence-corrected chi connectivity index (χ3v) is 3.79. The van der Waals surface area contributed by atoms with Crippen molar-refractivity contribution in [1.82, 2.24) is 10.2 Å². The Hall–Kier alpha value is -1.14. The number of carbonyl (C=O) groups excluding carboxylic acids is 1. The molecule has 2 heterocycles. The van der Waals surface area contributed by atoms with Gasteiger partial charge in [0.05, 0.1) is 18.6 Å². The Balaban J connectivity index is 1.93. The minimum absolute atomic E-state index is 0.0262. The molecule has 6 nitrogen and oxygen atoms in total. The van der Waals surface area contributed by atoms with E-state index in [0.29, 0.717) is 19.5 Å². The summed E-state index contributed by atoms with van der Waals surface area (Å²) < 4.78 is 5.22. The molecule has 2 aliphatic rings. The molecule has 2 aliphatic heterocycles. The molecule has 2 N–H and O–H groups in total. The molecule has 0 aliphatic carbocycles. The number of carboxylic acids is 1. The van der Waals surface area contributed by atoms with Gasteiger partial charge in [-0.3, -0.25) is 9.59 Å². The Morgan fingerprint density at radius 1 is 1.50 bits per heavy atom. The van der Waals surface area contributed by atoms with Gasteiger partial charge in [0.25, 0.3) is 0 Å². The number of aliphatic carboxylic acids is 1. The summed E-state index contributed by atoms with van der Waals surface area (Å²) in [6.45, 7) is 1.36. The zero-order valence-electron chi connectivity index (χ0n) is 10.6. The van der Waals surface area contributed by atoms with E-state index in [9.17, 15) is 9.59 Å². The highest BCUT2D eigenvalue weighted by Crippen LogP contribution is 2.23. The van der Waals surface area contributed by atoms with Crippen LogP contribution in [-0.4, -0.2) is 60.3 Å². The highest BCUT2D eigenvalue weighted by atomic mass is 16.5. The summed E-state index contributed by atoms with van der Waals surface area (Å²) in [7, 11) is 1.64. The fourth-order valence-corrected chi connectivity index (χ4v) is 2.81. The van der Waals surface area contributed by atoms with Gasteiger partial charge in [-0.1, -0.05) is 0 Å². The van der Waals surface area contributed by atoms with Crippen molar-refractivity contribution in [3.63, 3.8) is 0 Å². The molecule has 6 heteroatoms. The first kappa shape index (κ1) is 13.3. The summed E-state index contributed by atoms with van der Waals surface area (Å²) in [6, 6.07) is -0.359. The molecule has 0 bridgehead atoms. The molecule has 0 aromatic heterocycles. The molecule has 3 atom stereocenters. The summed E-state index contributed by atoms with van der Waals surface area (Å²) in [5, 5.41) is 12.0. The van der Waals surface area contributed by atoms with Crippen LogP contribution in [0.25, 0.3) is 0 Å². The van der Waals surface area contributed by atoms with Crippen molar-refractivity contribution in [3.8, 4) is 0 Å². The predicted octanol–water partition coefficient (Wildman–Crippen LogP) is -0.171.